The SMILES string of the molecule is COC(=O)c1cccc(NC(=O)c2ccnc(C(=O)Nc3cccc(F)c3)c2)c1. The van der Waals surface area contributed by atoms with Crippen LogP contribution in [0.5, 0.6) is 0 Å². The molecule has 1 heterocycles. The molecule has 3 aromatic rings. The van der Waals surface area contributed by atoms with Crippen molar-refractivity contribution < 1.29 is 23.5 Å². The van der Waals surface area contributed by atoms with Gasteiger partial charge in [0.05, 0.1) is 12.7 Å². The molecule has 0 aliphatic rings. The van der Waals surface area contributed by atoms with Crippen molar-refractivity contribution in [1.29, 1.82) is 0 Å². The van der Waals surface area contributed by atoms with Crippen LogP contribution in [0.1, 0.15) is 31.2 Å². The molecule has 0 unspecified atom stereocenters. The summed E-state index contributed by atoms with van der Waals surface area (Å²) in [6.07, 6.45) is 1.32. The van der Waals surface area contributed by atoms with E-state index in [9.17, 15) is 18.8 Å². The number of aromatic nitrogens is 1. The molecule has 7 nitrogen and oxygen atoms in total. The average Bonchev–Trinajstić information content (AvgIpc) is 2.73. The first-order valence-corrected chi connectivity index (χ1v) is 8.49. The molecule has 0 bridgehead atoms. The highest BCUT2D eigenvalue weighted by molar-refractivity contribution is 6.08. The molecule has 2 aromatic carbocycles. The monoisotopic (exact) mass is 393 g/mol. The number of ether oxygens (including phenoxy) is 1. The van der Waals surface area contributed by atoms with Gasteiger partial charge in [0.25, 0.3) is 11.8 Å². The van der Waals surface area contributed by atoms with Crippen molar-refractivity contribution in [2.24, 2.45) is 0 Å². The van der Waals surface area contributed by atoms with E-state index in [0.29, 0.717) is 5.69 Å². The molecule has 0 aliphatic carbocycles. The molecular weight excluding hydrogens is 377 g/mol. The molecule has 0 radical (unpaired) electrons. The fourth-order valence-electron chi connectivity index (χ4n) is 2.50. The largest absolute Gasteiger partial charge is 0.465 e. The van der Waals surface area contributed by atoms with Crippen LogP contribution in [0, 0.1) is 5.82 Å². The Balaban J connectivity index is 1.74. The number of rotatable bonds is 5. The summed E-state index contributed by atoms with van der Waals surface area (Å²) in [5.41, 5.74) is 1.13. The molecule has 1 aromatic heterocycles. The lowest BCUT2D eigenvalue weighted by Gasteiger charge is -2.08. The summed E-state index contributed by atoms with van der Waals surface area (Å²) in [4.78, 5) is 40.4. The van der Waals surface area contributed by atoms with Gasteiger partial charge in [0, 0.05) is 23.1 Å². The summed E-state index contributed by atoms with van der Waals surface area (Å²) in [7, 11) is 1.26. The van der Waals surface area contributed by atoms with Gasteiger partial charge in [-0.2, -0.15) is 0 Å². The molecule has 3 rings (SSSR count). The van der Waals surface area contributed by atoms with Crippen LogP contribution in [-0.4, -0.2) is 29.9 Å². The highest BCUT2D eigenvalue weighted by atomic mass is 19.1. The van der Waals surface area contributed by atoms with Gasteiger partial charge in [-0.25, -0.2) is 9.18 Å². The molecule has 0 saturated heterocycles. The first-order valence-electron chi connectivity index (χ1n) is 8.49. The van der Waals surface area contributed by atoms with E-state index in [-0.39, 0.29) is 22.5 Å². The fourth-order valence-corrected chi connectivity index (χ4v) is 2.50. The highest BCUT2D eigenvalue weighted by Gasteiger charge is 2.14. The predicted molar refractivity (Wildman–Crippen MR) is 104 cm³/mol. The van der Waals surface area contributed by atoms with Gasteiger partial charge in [-0.15, -0.1) is 0 Å². The average molecular weight is 393 g/mol. The molecule has 0 fully saturated rings. The van der Waals surface area contributed by atoms with Crippen LogP contribution in [0.2, 0.25) is 0 Å². The number of esters is 1. The van der Waals surface area contributed by atoms with E-state index >= 15 is 0 Å². The topological polar surface area (TPSA) is 97.4 Å². The van der Waals surface area contributed by atoms with Crippen molar-refractivity contribution in [3.63, 3.8) is 0 Å². The van der Waals surface area contributed by atoms with Crippen LogP contribution in [0.4, 0.5) is 15.8 Å². The van der Waals surface area contributed by atoms with Crippen LogP contribution in [0.15, 0.2) is 66.9 Å². The summed E-state index contributed by atoms with van der Waals surface area (Å²) >= 11 is 0. The van der Waals surface area contributed by atoms with Crippen LogP contribution in [0.3, 0.4) is 0 Å². The summed E-state index contributed by atoms with van der Waals surface area (Å²) < 4.78 is 17.9. The number of anilines is 2. The summed E-state index contributed by atoms with van der Waals surface area (Å²) in [6.45, 7) is 0. The zero-order valence-corrected chi connectivity index (χ0v) is 15.3. The van der Waals surface area contributed by atoms with Crippen molar-refractivity contribution >= 4 is 29.2 Å². The van der Waals surface area contributed by atoms with Crippen molar-refractivity contribution in [2.75, 3.05) is 17.7 Å². The molecule has 0 spiro atoms. The molecule has 8 heteroatoms. The maximum atomic E-state index is 13.2. The van der Waals surface area contributed by atoms with E-state index in [4.69, 9.17) is 0 Å². The lowest BCUT2D eigenvalue weighted by molar-refractivity contribution is 0.0600. The van der Waals surface area contributed by atoms with Gasteiger partial charge in [-0.3, -0.25) is 14.6 Å². The third kappa shape index (κ3) is 5.01. The predicted octanol–water partition coefficient (Wildman–Crippen LogP) is 3.51. The fraction of sp³-hybridized carbons (Fsp3) is 0.0476. The number of hydrogen-bond donors (Lipinski definition) is 2. The second kappa shape index (κ2) is 8.75. The Hall–Kier alpha value is -4.07. The maximum absolute atomic E-state index is 13.2. The molecule has 2 N–H and O–H groups in total. The Bertz CT molecular complexity index is 1080. The molecule has 146 valence electrons. The number of carbonyl (C=O) groups excluding carboxylic acids is 3. The van der Waals surface area contributed by atoms with Gasteiger partial charge in [0.1, 0.15) is 11.5 Å². The Morgan fingerprint density at radius 1 is 0.862 bits per heavy atom. The number of benzene rings is 2. The van der Waals surface area contributed by atoms with E-state index in [2.05, 4.69) is 20.4 Å². The number of hydrogen-bond acceptors (Lipinski definition) is 5. The Kier molecular flexibility index (Phi) is 5.94. The number of nitrogens with one attached hydrogen (secondary N) is 2. The van der Waals surface area contributed by atoms with Crippen molar-refractivity contribution in [1.82, 2.24) is 4.98 Å². The lowest BCUT2D eigenvalue weighted by Crippen LogP contribution is -2.17. The maximum Gasteiger partial charge on any atom is 0.337 e. The van der Waals surface area contributed by atoms with Crippen molar-refractivity contribution in [3.8, 4) is 0 Å². The van der Waals surface area contributed by atoms with Crippen LogP contribution < -0.4 is 10.6 Å². The zero-order chi connectivity index (χ0) is 20.8. The molecule has 0 aliphatic heterocycles. The molecule has 2 amide bonds. The summed E-state index contributed by atoms with van der Waals surface area (Å²) in [5, 5.41) is 5.16. The Morgan fingerprint density at radius 2 is 1.55 bits per heavy atom. The zero-order valence-electron chi connectivity index (χ0n) is 15.3. The molecular formula is C21H16FN3O4. The number of carbonyl (C=O) groups is 3. The van der Waals surface area contributed by atoms with Gasteiger partial charge in [0.15, 0.2) is 0 Å². The quantitative estimate of drug-likeness (QED) is 0.647. The third-order valence-corrected chi connectivity index (χ3v) is 3.88. The van der Waals surface area contributed by atoms with Crippen LogP contribution in [0.25, 0.3) is 0 Å². The number of amides is 2. The Morgan fingerprint density at radius 3 is 2.28 bits per heavy atom. The summed E-state index contributed by atoms with van der Waals surface area (Å²) in [5.74, 6) is -2.09. The lowest BCUT2D eigenvalue weighted by atomic mass is 10.1. The third-order valence-electron chi connectivity index (χ3n) is 3.88. The second-order valence-electron chi connectivity index (χ2n) is 5.92. The minimum absolute atomic E-state index is 0.00905. The van der Waals surface area contributed by atoms with Crippen LogP contribution >= 0.6 is 0 Å². The molecule has 0 atom stereocenters. The normalized spacial score (nSPS) is 10.1. The number of nitrogens with zero attached hydrogens (tertiary/aromatic N) is 1. The molecule has 29 heavy (non-hydrogen) atoms. The summed E-state index contributed by atoms with van der Waals surface area (Å²) in [6, 6.07) is 14.4. The first kappa shape index (κ1) is 19.7. The molecule has 0 saturated carbocycles. The van der Waals surface area contributed by atoms with E-state index in [1.807, 2.05) is 0 Å². The minimum atomic E-state index is -0.585. The first-order chi connectivity index (χ1) is 14.0. The van der Waals surface area contributed by atoms with Gasteiger partial charge in [-0.1, -0.05) is 12.1 Å². The van der Waals surface area contributed by atoms with Gasteiger partial charge < -0.3 is 15.4 Å². The van der Waals surface area contributed by atoms with E-state index < -0.39 is 23.6 Å². The second-order valence-corrected chi connectivity index (χ2v) is 5.92. The minimum Gasteiger partial charge on any atom is -0.465 e. The van der Waals surface area contributed by atoms with Crippen molar-refractivity contribution in [3.05, 3.63) is 89.5 Å². The highest BCUT2D eigenvalue weighted by Crippen LogP contribution is 2.15. The number of methoxy groups -OCH3 is 1. The van der Waals surface area contributed by atoms with E-state index in [1.165, 1.54) is 55.8 Å². The number of halogens is 1. The standard InChI is InChI=1S/C21H16FN3O4/c1-29-21(28)14-4-2-6-16(10-14)24-19(26)13-8-9-23-18(11-13)20(27)25-17-7-3-5-15(22)12-17/h2-12H,1H3,(H,24,26)(H,25,27). The van der Waals surface area contributed by atoms with Gasteiger partial charge in [0.2, 0.25) is 0 Å². The van der Waals surface area contributed by atoms with Gasteiger partial charge >= 0.3 is 5.97 Å². The smallest absolute Gasteiger partial charge is 0.337 e. The van der Waals surface area contributed by atoms with Crippen LogP contribution in [-0.2, 0) is 4.74 Å². The Labute approximate surface area is 165 Å². The number of pyridine rings is 1. The van der Waals surface area contributed by atoms with Crippen molar-refractivity contribution in [2.45, 2.75) is 0 Å². The van der Waals surface area contributed by atoms with Gasteiger partial charge in [-0.05, 0) is 48.5 Å². The van der Waals surface area contributed by atoms with E-state index in [0.717, 1.165) is 0 Å². The van der Waals surface area contributed by atoms with E-state index in [1.54, 1.807) is 18.2 Å².